The van der Waals surface area contributed by atoms with E-state index in [0.717, 1.165) is 49.9 Å². The van der Waals surface area contributed by atoms with Crippen LogP contribution in [0.15, 0.2) is 30.5 Å². The van der Waals surface area contributed by atoms with Crippen LogP contribution in [0, 0.1) is 6.92 Å². The molecule has 274 valence electrons. The third kappa shape index (κ3) is 11.4. The fraction of sp³-hybridized carbons (Fsp3) is 0.583. The number of unbranched alkanes of at least 4 members (excludes halogenated alkanes) is 2. The second-order valence-electron chi connectivity index (χ2n) is 13.3. The van der Waals surface area contributed by atoms with E-state index in [1.165, 1.54) is 16.7 Å². The molecule has 14 heteroatoms. The highest BCUT2D eigenvalue weighted by Gasteiger charge is 2.22. The number of anilines is 2. The highest BCUT2D eigenvalue weighted by Crippen LogP contribution is 2.26. The molecular formula is C36H55N9O5. The van der Waals surface area contributed by atoms with Crippen molar-refractivity contribution in [2.45, 2.75) is 96.8 Å². The molecule has 50 heavy (non-hydrogen) atoms. The topological polar surface area (TPSA) is 205 Å². The molecule has 1 aromatic carbocycles. The first-order chi connectivity index (χ1) is 24.1. The number of carboxylic acids is 1. The molecule has 0 spiro atoms. The van der Waals surface area contributed by atoms with Crippen molar-refractivity contribution in [1.82, 2.24) is 29.7 Å². The summed E-state index contributed by atoms with van der Waals surface area (Å²) in [4.78, 5) is 49.0. The normalized spacial score (nSPS) is 14.8. The largest absolute Gasteiger partial charge is 0.480 e. The summed E-state index contributed by atoms with van der Waals surface area (Å²) in [6.07, 6.45) is 7.67. The van der Waals surface area contributed by atoms with Gasteiger partial charge in [0.2, 0.25) is 17.8 Å². The summed E-state index contributed by atoms with van der Waals surface area (Å²) in [5, 5.41) is 25.0. The zero-order chi connectivity index (χ0) is 36.0. The number of aliphatic carboxylic acids is 1. The molecule has 0 aliphatic carbocycles. The Balaban J connectivity index is 1.25. The lowest BCUT2D eigenvalue weighted by molar-refractivity contribution is -0.138. The fourth-order valence-electron chi connectivity index (χ4n) is 6.29. The summed E-state index contributed by atoms with van der Waals surface area (Å²) >= 11 is 0. The molecule has 0 bridgehead atoms. The van der Waals surface area contributed by atoms with E-state index >= 15 is 0 Å². The van der Waals surface area contributed by atoms with Crippen LogP contribution in [0.1, 0.15) is 81.4 Å². The lowest BCUT2D eigenvalue weighted by Gasteiger charge is -2.35. The molecule has 2 aromatic heterocycles. The first-order valence-electron chi connectivity index (χ1n) is 17.9. The van der Waals surface area contributed by atoms with Gasteiger partial charge < -0.3 is 41.8 Å². The number of benzene rings is 1. The molecule has 1 aliphatic rings. The van der Waals surface area contributed by atoms with Crippen molar-refractivity contribution in [3.8, 4) is 0 Å². The van der Waals surface area contributed by atoms with Gasteiger partial charge in [0, 0.05) is 64.9 Å². The average Bonchev–Trinajstić information content (AvgIpc) is 3.50. The predicted octanol–water partition coefficient (Wildman–Crippen LogP) is 2.85. The number of fused-ring (bicyclic) bond motifs is 1. The highest BCUT2D eigenvalue weighted by molar-refractivity contribution is 5.88. The van der Waals surface area contributed by atoms with Gasteiger partial charge in [0.1, 0.15) is 11.6 Å². The van der Waals surface area contributed by atoms with Gasteiger partial charge in [0.15, 0.2) is 5.82 Å². The van der Waals surface area contributed by atoms with Crippen molar-refractivity contribution >= 4 is 40.6 Å². The average molecular weight is 694 g/mol. The number of aliphatic hydroxyl groups is 1. The fourth-order valence-corrected chi connectivity index (χ4v) is 6.29. The first-order valence-corrected chi connectivity index (χ1v) is 17.9. The Hall–Kier alpha value is -4.27. The Morgan fingerprint density at radius 2 is 1.76 bits per heavy atom. The van der Waals surface area contributed by atoms with Crippen LogP contribution in [-0.4, -0.2) is 104 Å². The van der Waals surface area contributed by atoms with E-state index in [1.54, 1.807) is 0 Å². The smallest absolute Gasteiger partial charge is 0.320 e. The lowest BCUT2D eigenvalue weighted by Crippen LogP contribution is -2.48. The molecule has 0 saturated carbocycles. The van der Waals surface area contributed by atoms with Crippen LogP contribution in [0.5, 0.6) is 0 Å². The summed E-state index contributed by atoms with van der Waals surface area (Å²) in [6.45, 7) is 9.00. The van der Waals surface area contributed by atoms with Gasteiger partial charge in [-0.05, 0) is 61.8 Å². The molecule has 2 amide bonds. The zero-order valence-corrected chi connectivity index (χ0v) is 29.6. The van der Waals surface area contributed by atoms with Crippen molar-refractivity contribution in [2.75, 3.05) is 50.4 Å². The number of aliphatic hydroxyl groups excluding tert-OH is 1. The Bertz CT molecular complexity index is 1570. The minimum Gasteiger partial charge on any atom is -0.480 e. The summed E-state index contributed by atoms with van der Waals surface area (Å²) in [6, 6.07) is 7.52. The second kappa shape index (κ2) is 19.2. The molecule has 1 fully saturated rings. The quantitative estimate of drug-likeness (QED) is 0.0950. The van der Waals surface area contributed by atoms with Gasteiger partial charge in [-0.15, -0.1) is 0 Å². The SMILES string of the molecule is CCCC[C@@H](CO)Nc1nc(N)nc2ccn(Cc3cc(CN4CCN(C(=O)CCCC(=O)NCCCC[C@H](N)C(=O)O)CC4)ccc3C)c12. The summed E-state index contributed by atoms with van der Waals surface area (Å²) in [7, 11) is 0. The molecule has 2 atom stereocenters. The van der Waals surface area contributed by atoms with Gasteiger partial charge in [0.05, 0.1) is 18.2 Å². The van der Waals surface area contributed by atoms with E-state index in [4.69, 9.17) is 16.6 Å². The van der Waals surface area contributed by atoms with Gasteiger partial charge in [0.25, 0.3) is 0 Å². The number of aryl methyl sites for hydroxylation is 1. The minimum absolute atomic E-state index is 0.00606. The van der Waals surface area contributed by atoms with Gasteiger partial charge >= 0.3 is 5.97 Å². The molecule has 8 N–H and O–H groups in total. The number of amides is 2. The maximum atomic E-state index is 12.8. The molecule has 0 unspecified atom stereocenters. The van der Waals surface area contributed by atoms with Crippen LogP contribution in [0.25, 0.3) is 11.0 Å². The monoisotopic (exact) mass is 693 g/mol. The number of aromatic nitrogens is 3. The van der Waals surface area contributed by atoms with Crippen LogP contribution in [0.3, 0.4) is 0 Å². The van der Waals surface area contributed by atoms with Gasteiger partial charge in [-0.25, -0.2) is 4.98 Å². The number of carbonyl (C=O) groups is 3. The van der Waals surface area contributed by atoms with Gasteiger partial charge in [-0.3, -0.25) is 19.3 Å². The van der Waals surface area contributed by atoms with E-state index in [0.29, 0.717) is 64.1 Å². The number of hydrogen-bond acceptors (Lipinski definition) is 10. The number of piperazine rings is 1. The lowest BCUT2D eigenvalue weighted by atomic mass is 10.0. The third-order valence-corrected chi connectivity index (χ3v) is 9.36. The van der Waals surface area contributed by atoms with Gasteiger partial charge in [-0.2, -0.15) is 4.98 Å². The molecule has 0 radical (unpaired) electrons. The molecule has 3 aromatic rings. The zero-order valence-electron chi connectivity index (χ0n) is 29.6. The van der Waals surface area contributed by atoms with Crippen molar-refractivity contribution in [1.29, 1.82) is 0 Å². The number of nitrogens with zero attached hydrogens (tertiary/aromatic N) is 5. The molecule has 1 saturated heterocycles. The maximum absolute atomic E-state index is 12.8. The van der Waals surface area contributed by atoms with E-state index in [-0.39, 0.29) is 36.8 Å². The number of hydrogen-bond donors (Lipinski definition) is 6. The van der Waals surface area contributed by atoms with E-state index in [1.807, 2.05) is 17.2 Å². The summed E-state index contributed by atoms with van der Waals surface area (Å²) < 4.78 is 2.13. The first kappa shape index (κ1) is 38.5. The molecule has 3 heterocycles. The number of rotatable bonds is 20. The minimum atomic E-state index is -1.01. The standard InChI is InChI=1S/C36H55N9O5/c1-3-4-8-28(24-46)40-34-33-30(41-36(38)42-34)14-16-45(33)23-27-21-26(13-12-25(27)2)22-43-17-19-44(20-18-43)32(48)11-7-10-31(47)39-15-6-5-9-29(37)35(49)50/h12-14,16,21,28-29,46H,3-11,15,17-20,22-24,37H2,1-2H3,(H,39,47)(H,49,50)(H3,38,40,41,42)/t28-,29-/m0/s1. The van der Waals surface area contributed by atoms with Crippen LogP contribution < -0.4 is 22.1 Å². The number of nitrogen functional groups attached to an aromatic ring is 1. The number of carboxylic acid groups (broad SMARTS) is 1. The second-order valence-corrected chi connectivity index (χ2v) is 13.3. The molecule has 14 nitrogen and oxygen atoms in total. The Labute approximate surface area is 294 Å². The number of carbonyl (C=O) groups excluding carboxylic acids is 2. The highest BCUT2D eigenvalue weighted by atomic mass is 16.4. The van der Waals surface area contributed by atoms with Crippen LogP contribution >= 0.6 is 0 Å². The molecular weight excluding hydrogens is 638 g/mol. The summed E-state index contributed by atoms with van der Waals surface area (Å²) in [5.41, 5.74) is 16.7. The van der Waals surface area contributed by atoms with Crippen LogP contribution in [-0.2, 0) is 27.5 Å². The molecule has 1 aliphatic heterocycles. The number of nitrogens with two attached hydrogens (primary N) is 2. The van der Waals surface area contributed by atoms with E-state index < -0.39 is 12.0 Å². The summed E-state index contributed by atoms with van der Waals surface area (Å²) in [5.74, 6) is -0.211. The number of nitrogens with one attached hydrogen (secondary N) is 2. The van der Waals surface area contributed by atoms with Crippen molar-refractivity contribution in [3.05, 3.63) is 47.2 Å². The maximum Gasteiger partial charge on any atom is 0.320 e. The van der Waals surface area contributed by atoms with Gasteiger partial charge in [-0.1, -0.05) is 38.0 Å². The molecule has 4 rings (SSSR count). The van der Waals surface area contributed by atoms with Crippen molar-refractivity contribution in [2.24, 2.45) is 5.73 Å². The van der Waals surface area contributed by atoms with Crippen LogP contribution in [0.2, 0.25) is 0 Å². The van der Waals surface area contributed by atoms with E-state index in [2.05, 4.69) is 62.1 Å². The third-order valence-electron chi connectivity index (χ3n) is 9.36. The Morgan fingerprint density at radius 3 is 2.48 bits per heavy atom. The van der Waals surface area contributed by atoms with Crippen molar-refractivity contribution < 1.29 is 24.6 Å². The predicted molar refractivity (Wildman–Crippen MR) is 194 cm³/mol. The Kier molecular flexibility index (Phi) is 14.8. The van der Waals surface area contributed by atoms with Crippen LogP contribution in [0.4, 0.5) is 11.8 Å². The Morgan fingerprint density at radius 1 is 0.980 bits per heavy atom. The van der Waals surface area contributed by atoms with E-state index in [9.17, 15) is 19.5 Å². The van der Waals surface area contributed by atoms with Crippen molar-refractivity contribution in [3.63, 3.8) is 0 Å².